The number of anilines is 1. The van der Waals surface area contributed by atoms with Gasteiger partial charge < -0.3 is 5.32 Å². The third-order valence-electron chi connectivity index (χ3n) is 2.32. The van der Waals surface area contributed by atoms with Crippen LogP contribution in [0.4, 0.5) is 5.69 Å². The fourth-order valence-electron chi connectivity index (χ4n) is 1.51. The van der Waals surface area contributed by atoms with Crippen LogP contribution in [-0.2, 0) is 11.2 Å². The number of hydrogen-bond donors (Lipinski definition) is 1. The zero-order chi connectivity index (χ0) is 12.5. The van der Waals surface area contributed by atoms with E-state index in [2.05, 4.69) is 45.5 Å². The second-order valence-electron chi connectivity index (χ2n) is 3.87. The minimum Gasteiger partial charge on any atom is -0.326 e. The summed E-state index contributed by atoms with van der Waals surface area (Å²) in [6, 6.07) is 8.01. The summed E-state index contributed by atoms with van der Waals surface area (Å²) in [6.45, 7) is 1.52. The molecule has 0 saturated heterocycles. The van der Waals surface area contributed by atoms with E-state index in [4.69, 9.17) is 0 Å². The molecule has 0 aromatic heterocycles. The van der Waals surface area contributed by atoms with Crippen molar-refractivity contribution in [1.82, 2.24) is 0 Å². The van der Waals surface area contributed by atoms with Gasteiger partial charge in [0.25, 0.3) is 0 Å². The number of halogens is 1. The van der Waals surface area contributed by atoms with Crippen molar-refractivity contribution in [3.8, 4) is 0 Å². The Hall–Kier alpha value is -1.09. The summed E-state index contributed by atoms with van der Waals surface area (Å²) in [5, 5.41) is 3.78. The van der Waals surface area contributed by atoms with Crippen LogP contribution >= 0.6 is 15.9 Å². The number of aryl methyl sites for hydroxylation is 1. The topological polar surface area (TPSA) is 29.1 Å². The molecule has 17 heavy (non-hydrogen) atoms. The number of allylic oxidation sites excluding steroid dienone is 2. The number of alkyl halides is 1. The van der Waals surface area contributed by atoms with Crippen LogP contribution in [0.15, 0.2) is 36.4 Å². The average Bonchev–Trinajstić information content (AvgIpc) is 2.30. The van der Waals surface area contributed by atoms with E-state index in [-0.39, 0.29) is 5.91 Å². The highest BCUT2D eigenvalue weighted by Gasteiger charge is 1.95. The fourth-order valence-corrected chi connectivity index (χ4v) is 1.77. The van der Waals surface area contributed by atoms with Gasteiger partial charge >= 0.3 is 0 Å². The van der Waals surface area contributed by atoms with Gasteiger partial charge in [0.2, 0.25) is 5.91 Å². The van der Waals surface area contributed by atoms with Gasteiger partial charge in [0, 0.05) is 17.9 Å². The Morgan fingerprint density at radius 3 is 2.47 bits per heavy atom. The van der Waals surface area contributed by atoms with Crippen molar-refractivity contribution in [2.75, 3.05) is 10.6 Å². The largest absolute Gasteiger partial charge is 0.326 e. The molecule has 0 fully saturated rings. The Bertz CT molecular complexity index is 370. The molecule has 1 amide bonds. The van der Waals surface area contributed by atoms with E-state index in [0.29, 0.717) is 0 Å². The molecule has 92 valence electrons. The van der Waals surface area contributed by atoms with Crippen LogP contribution in [0.1, 0.15) is 25.3 Å². The van der Waals surface area contributed by atoms with Gasteiger partial charge in [0.05, 0.1) is 0 Å². The smallest absolute Gasteiger partial charge is 0.221 e. The van der Waals surface area contributed by atoms with Gasteiger partial charge in [-0.15, -0.1) is 0 Å². The number of carbonyl (C=O) groups excluding carboxylic acids is 1. The molecule has 0 bridgehead atoms. The first-order valence-electron chi connectivity index (χ1n) is 5.80. The zero-order valence-electron chi connectivity index (χ0n) is 10.1. The van der Waals surface area contributed by atoms with Crippen molar-refractivity contribution in [3.05, 3.63) is 42.0 Å². The van der Waals surface area contributed by atoms with Crippen LogP contribution in [0.5, 0.6) is 0 Å². The summed E-state index contributed by atoms with van der Waals surface area (Å²) < 4.78 is 0. The first-order valence-corrected chi connectivity index (χ1v) is 6.92. The second-order valence-corrected chi connectivity index (χ2v) is 4.66. The molecular weight excluding hydrogens is 278 g/mol. The van der Waals surface area contributed by atoms with Crippen LogP contribution in [0.25, 0.3) is 0 Å². The molecule has 2 nitrogen and oxygen atoms in total. The molecule has 0 radical (unpaired) electrons. The van der Waals surface area contributed by atoms with Gasteiger partial charge in [-0.3, -0.25) is 4.79 Å². The minimum absolute atomic E-state index is 0.0320. The van der Waals surface area contributed by atoms with E-state index in [9.17, 15) is 4.79 Å². The number of hydrogen-bond acceptors (Lipinski definition) is 1. The van der Waals surface area contributed by atoms with Crippen LogP contribution in [-0.4, -0.2) is 11.2 Å². The predicted molar refractivity (Wildman–Crippen MR) is 76.6 cm³/mol. The van der Waals surface area contributed by atoms with Crippen LogP contribution < -0.4 is 5.32 Å². The Morgan fingerprint density at radius 2 is 1.88 bits per heavy atom. The van der Waals surface area contributed by atoms with E-state index < -0.39 is 0 Å². The highest BCUT2D eigenvalue weighted by molar-refractivity contribution is 9.09. The van der Waals surface area contributed by atoms with Crippen molar-refractivity contribution in [1.29, 1.82) is 0 Å². The van der Waals surface area contributed by atoms with Crippen molar-refractivity contribution in [3.63, 3.8) is 0 Å². The Balaban J connectivity index is 2.37. The Labute approximate surface area is 111 Å². The Kier molecular flexibility index (Phi) is 6.63. The summed E-state index contributed by atoms with van der Waals surface area (Å²) in [4.78, 5) is 10.8. The predicted octanol–water partition coefficient (Wildman–Crippen LogP) is 3.92. The van der Waals surface area contributed by atoms with Gasteiger partial charge in [-0.25, -0.2) is 0 Å². The first-order chi connectivity index (χ1) is 8.22. The quantitative estimate of drug-likeness (QED) is 0.625. The van der Waals surface area contributed by atoms with E-state index in [1.54, 1.807) is 0 Å². The molecule has 1 rings (SSSR count). The van der Waals surface area contributed by atoms with Gasteiger partial charge in [-0.1, -0.05) is 40.2 Å². The van der Waals surface area contributed by atoms with Crippen LogP contribution in [0, 0.1) is 0 Å². The Morgan fingerprint density at radius 1 is 1.24 bits per heavy atom. The first kappa shape index (κ1) is 14.0. The molecule has 0 unspecified atom stereocenters. The molecular formula is C14H18BrNO. The number of benzene rings is 1. The van der Waals surface area contributed by atoms with E-state index in [1.165, 1.54) is 12.5 Å². The molecule has 1 N–H and O–H groups in total. The monoisotopic (exact) mass is 295 g/mol. The van der Waals surface area contributed by atoms with Gasteiger partial charge in [-0.2, -0.15) is 0 Å². The third-order valence-corrected chi connectivity index (χ3v) is 2.77. The lowest BCUT2D eigenvalue weighted by molar-refractivity contribution is -0.114. The highest BCUT2D eigenvalue weighted by atomic mass is 79.9. The second kappa shape index (κ2) is 8.07. The molecule has 0 spiro atoms. The molecule has 3 heteroatoms. The summed E-state index contributed by atoms with van der Waals surface area (Å²) >= 11 is 3.39. The molecule has 0 heterocycles. The van der Waals surface area contributed by atoms with Crippen molar-refractivity contribution in [2.24, 2.45) is 0 Å². The zero-order valence-corrected chi connectivity index (χ0v) is 11.7. The van der Waals surface area contributed by atoms with Crippen molar-refractivity contribution >= 4 is 27.5 Å². The third kappa shape index (κ3) is 6.27. The number of nitrogens with one attached hydrogen (secondary N) is 1. The molecule has 0 atom stereocenters. The lowest BCUT2D eigenvalue weighted by Gasteiger charge is -2.03. The number of carbonyl (C=O) groups is 1. The number of rotatable bonds is 6. The van der Waals surface area contributed by atoms with Crippen molar-refractivity contribution < 1.29 is 4.79 Å². The van der Waals surface area contributed by atoms with E-state index in [0.717, 1.165) is 30.3 Å². The maximum absolute atomic E-state index is 10.8. The molecule has 1 aromatic rings. The fraction of sp³-hybridized carbons (Fsp3) is 0.357. The normalized spacial score (nSPS) is 10.7. The maximum atomic E-state index is 10.8. The van der Waals surface area contributed by atoms with Crippen LogP contribution in [0.3, 0.4) is 0 Å². The molecule has 0 aliphatic rings. The van der Waals surface area contributed by atoms with Crippen molar-refractivity contribution in [2.45, 2.75) is 26.2 Å². The van der Waals surface area contributed by atoms with Gasteiger partial charge in [0.15, 0.2) is 0 Å². The summed E-state index contributed by atoms with van der Waals surface area (Å²) in [5.74, 6) is -0.0320. The summed E-state index contributed by atoms with van der Waals surface area (Å²) in [6.07, 6.45) is 7.59. The minimum atomic E-state index is -0.0320. The lowest BCUT2D eigenvalue weighted by atomic mass is 10.1. The standard InChI is InChI=1S/C14H18BrNO/c1-12(17)16-14-9-7-13(8-10-14)6-4-2-3-5-11-15/h2-3,7-10H,4-6,11H2,1H3,(H,16,17)/b3-2+. The van der Waals surface area contributed by atoms with Gasteiger partial charge in [-0.05, 0) is 37.0 Å². The summed E-state index contributed by atoms with van der Waals surface area (Å²) in [7, 11) is 0. The van der Waals surface area contributed by atoms with Gasteiger partial charge in [0.1, 0.15) is 0 Å². The molecule has 0 aliphatic carbocycles. The average molecular weight is 296 g/mol. The lowest BCUT2D eigenvalue weighted by Crippen LogP contribution is -2.05. The molecule has 0 aliphatic heterocycles. The summed E-state index contributed by atoms with van der Waals surface area (Å²) in [5.41, 5.74) is 2.15. The maximum Gasteiger partial charge on any atom is 0.221 e. The van der Waals surface area contributed by atoms with Crippen LogP contribution in [0.2, 0.25) is 0 Å². The molecule has 1 aromatic carbocycles. The highest BCUT2D eigenvalue weighted by Crippen LogP contribution is 2.11. The van der Waals surface area contributed by atoms with E-state index in [1.807, 2.05) is 12.1 Å². The SMILES string of the molecule is CC(=O)Nc1ccc(CC/C=C/CCBr)cc1. The number of amides is 1. The van der Waals surface area contributed by atoms with E-state index >= 15 is 0 Å². The molecule has 0 saturated carbocycles.